The van der Waals surface area contributed by atoms with Gasteiger partial charge < -0.3 is 9.30 Å². The van der Waals surface area contributed by atoms with E-state index in [0.29, 0.717) is 12.2 Å². The van der Waals surface area contributed by atoms with Crippen molar-refractivity contribution in [3.05, 3.63) is 58.4 Å². The summed E-state index contributed by atoms with van der Waals surface area (Å²) in [5, 5.41) is 0. The molecular formula is C21H24N2O2S2. The number of hydrogen-bond acceptors (Lipinski definition) is 4. The van der Waals surface area contributed by atoms with Crippen LogP contribution in [0.3, 0.4) is 0 Å². The topological polar surface area (TPSA) is 43.6 Å². The van der Waals surface area contributed by atoms with E-state index in [-0.39, 0.29) is 5.91 Å². The van der Waals surface area contributed by atoms with Crippen LogP contribution in [0.4, 0.5) is 0 Å². The first-order valence-electron chi connectivity index (χ1n) is 9.09. The number of thioether (sulfide) groups is 1. The van der Waals surface area contributed by atoms with Crippen LogP contribution in [-0.2, 0) is 13.0 Å². The number of benzene rings is 2. The molecule has 0 bridgehead atoms. The van der Waals surface area contributed by atoms with E-state index in [4.69, 9.17) is 4.74 Å². The zero-order chi connectivity index (χ0) is 19.2. The van der Waals surface area contributed by atoms with Gasteiger partial charge in [-0.1, -0.05) is 24.3 Å². The highest BCUT2D eigenvalue weighted by Crippen LogP contribution is 2.20. The summed E-state index contributed by atoms with van der Waals surface area (Å²) in [5.41, 5.74) is 3.01. The number of fused-ring (bicyclic) bond motifs is 1. The van der Waals surface area contributed by atoms with E-state index in [9.17, 15) is 4.79 Å². The Hall–Kier alpha value is -2.05. The quantitative estimate of drug-likeness (QED) is 0.574. The molecule has 0 aliphatic carbocycles. The molecule has 0 N–H and O–H groups in total. The third kappa shape index (κ3) is 4.62. The van der Waals surface area contributed by atoms with Gasteiger partial charge in [0.1, 0.15) is 5.75 Å². The van der Waals surface area contributed by atoms with Crippen LogP contribution in [0.2, 0.25) is 0 Å². The lowest BCUT2D eigenvalue weighted by atomic mass is 10.2. The summed E-state index contributed by atoms with van der Waals surface area (Å²) >= 11 is 3.37. The number of thiazole rings is 1. The van der Waals surface area contributed by atoms with Gasteiger partial charge in [0, 0.05) is 17.9 Å². The number of aryl methyl sites for hydroxylation is 2. The van der Waals surface area contributed by atoms with Gasteiger partial charge in [-0.15, -0.1) is 0 Å². The molecule has 0 spiro atoms. The van der Waals surface area contributed by atoms with E-state index in [1.165, 1.54) is 10.3 Å². The molecule has 3 aromatic rings. The fourth-order valence-electron chi connectivity index (χ4n) is 2.83. The average molecular weight is 401 g/mol. The normalized spacial score (nSPS) is 11.9. The fourth-order valence-corrected chi connectivity index (χ4v) is 4.32. The molecule has 0 aliphatic rings. The maximum Gasteiger partial charge on any atom is 0.279 e. The van der Waals surface area contributed by atoms with Gasteiger partial charge in [-0.25, -0.2) is 0 Å². The highest BCUT2D eigenvalue weighted by molar-refractivity contribution is 7.98. The molecule has 4 nitrogen and oxygen atoms in total. The predicted octanol–water partition coefficient (Wildman–Crippen LogP) is 4.77. The Bertz CT molecular complexity index is 988. The monoisotopic (exact) mass is 400 g/mol. The van der Waals surface area contributed by atoms with Crippen molar-refractivity contribution < 1.29 is 9.53 Å². The molecule has 1 aromatic heterocycles. The SMILES string of the molecule is CCOc1ccc(C(=O)N=c2sc3cc(CC)ccc3n2CCSC)cc1. The van der Waals surface area contributed by atoms with Crippen molar-refractivity contribution in [2.45, 2.75) is 26.8 Å². The van der Waals surface area contributed by atoms with Crippen LogP contribution in [0, 0.1) is 0 Å². The Balaban J connectivity index is 2.01. The van der Waals surface area contributed by atoms with E-state index < -0.39 is 0 Å². The van der Waals surface area contributed by atoms with Crippen molar-refractivity contribution in [1.29, 1.82) is 0 Å². The lowest BCUT2D eigenvalue weighted by molar-refractivity contribution is 0.0998. The largest absolute Gasteiger partial charge is 0.494 e. The molecule has 142 valence electrons. The molecule has 0 saturated carbocycles. The van der Waals surface area contributed by atoms with Crippen molar-refractivity contribution in [2.75, 3.05) is 18.6 Å². The Morgan fingerprint density at radius 3 is 2.63 bits per heavy atom. The summed E-state index contributed by atoms with van der Waals surface area (Å²) in [6, 6.07) is 13.7. The molecular weight excluding hydrogens is 376 g/mol. The van der Waals surface area contributed by atoms with Crippen molar-refractivity contribution >= 4 is 39.2 Å². The molecule has 0 radical (unpaired) electrons. The number of hydrogen-bond donors (Lipinski definition) is 0. The van der Waals surface area contributed by atoms with Gasteiger partial charge >= 0.3 is 0 Å². The maximum atomic E-state index is 12.7. The molecule has 0 atom stereocenters. The first-order chi connectivity index (χ1) is 13.2. The lowest BCUT2D eigenvalue weighted by Gasteiger charge is -2.05. The summed E-state index contributed by atoms with van der Waals surface area (Å²) in [7, 11) is 0. The number of amides is 1. The summed E-state index contributed by atoms with van der Waals surface area (Å²) in [6.07, 6.45) is 3.09. The second-order valence-corrected chi connectivity index (χ2v) is 8.05. The van der Waals surface area contributed by atoms with Crippen molar-refractivity contribution in [1.82, 2.24) is 4.57 Å². The molecule has 6 heteroatoms. The standard InChI is InChI=1S/C21H24N2O2S2/c1-4-15-6-11-18-19(14-15)27-21(23(18)12-13-26-3)22-20(24)16-7-9-17(10-8-16)25-5-2/h6-11,14H,4-5,12-13H2,1-3H3. The van der Waals surface area contributed by atoms with Gasteiger partial charge in [0.15, 0.2) is 4.80 Å². The van der Waals surface area contributed by atoms with E-state index in [1.807, 2.05) is 19.1 Å². The Morgan fingerprint density at radius 2 is 1.96 bits per heavy atom. The summed E-state index contributed by atoms with van der Waals surface area (Å²) in [6.45, 7) is 5.53. The number of rotatable bonds is 7. The van der Waals surface area contributed by atoms with Gasteiger partial charge in [0.2, 0.25) is 0 Å². The minimum absolute atomic E-state index is 0.224. The van der Waals surface area contributed by atoms with Crippen LogP contribution in [0.15, 0.2) is 47.5 Å². The first-order valence-corrected chi connectivity index (χ1v) is 11.3. The zero-order valence-corrected chi connectivity index (χ0v) is 17.5. The lowest BCUT2D eigenvalue weighted by Crippen LogP contribution is -2.18. The van der Waals surface area contributed by atoms with E-state index in [0.717, 1.165) is 34.8 Å². The van der Waals surface area contributed by atoms with Crippen molar-refractivity contribution in [3.8, 4) is 5.75 Å². The molecule has 27 heavy (non-hydrogen) atoms. The smallest absolute Gasteiger partial charge is 0.279 e. The van der Waals surface area contributed by atoms with Gasteiger partial charge in [-0.2, -0.15) is 16.8 Å². The number of carbonyl (C=O) groups excluding carboxylic acids is 1. The van der Waals surface area contributed by atoms with E-state index >= 15 is 0 Å². The van der Waals surface area contributed by atoms with Gasteiger partial charge in [0.05, 0.1) is 16.8 Å². The third-order valence-electron chi connectivity index (χ3n) is 4.28. The highest BCUT2D eigenvalue weighted by atomic mass is 32.2. The second-order valence-electron chi connectivity index (χ2n) is 6.06. The number of nitrogens with zero attached hydrogens (tertiary/aromatic N) is 2. The highest BCUT2D eigenvalue weighted by Gasteiger charge is 2.10. The summed E-state index contributed by atoms with van der Waals surface area (Å²) < 4.78 is 8.77. The predicted molar refractivity (Wildman–Crippen MR) is 115 cm³/mol. The Labute approximate surface area is 167 Å². The molecule has 1 heterocycles. The molecule has 0 fully saturated rings. The molecule has 1 amide bonds. The fraction of sp³-hybridized carbons (Fsp3) is 0.333. The van der Waals surface area contributed by atoms with Gasteiger partial charge in [0.25, 0.3) is 5.91 Å². The van der Waals surface area contributed by atoms with Gasteiger partial charge in [-0.3, -0.25) is 4.79 Å². The van der Waals surface area contributed by atoms with Crippen LogP contribution >= 0.6 is 23.1 Å². The number of carbonyl (C=O) groups is 1. The zero-order valence-electron chi connectivity index (χ0n) is 15.9. The van der Waals surface area contributed by atoms with Crippen LogP contribution in [0.25, 0.3) is 10.2 Å². The summed E-state index contributed by atoms with van der Waals surface area (Å²) in [5.74, 6) is 1.52. The summed E-state index contributed by atoms with van der Waals surface area (Å²) in [4.78, 5) is 17.9. The third-order valence-corrected chi connectivity index (χ3v) is 5.92. The Morgan fingerprint density at radius 1 is 1.19 bits per heavy atom. The Kier molecular flexibility index (Phi) is 6.74. The van der Waals surface area contributed by atoms with Crippen molar-refractivity contribution in [3.63, 3.8) is 0 Å². The second kappa shape index (κ2) is 9.24. The minimum Gasteiger partial charge on any atom is -0.494 e. The number of aromatic nitrogens is 1. The average Bonchev–Trinajstić information content (AvgIpc) is 3.03. The molecule has 0 unspecified atom stereocenters. The molecule has 0 aliphatic heterocycles. The molecule has 2 aromatic carbocycles. The van der Waals surface area contributed by atoms with E-state index in [1.54, 1.807) is 35.2 Å². The van der Waals surface area contributed by atoms with Crippen LogP contribution < -0.4 is 9.54 Å². The first kappa shape index (κ1) is 19.7. The van der Waals surface area contributed by atoms with Crippen LogP contribution in [0.1, 0.15) is 29.8 Å². The molecule has 0 saturated heterocycles. The van der Waals surface area contributed by atoms with Crippen molar-refractivity contribution in [2.24, 2.45) is 4.99 Å². The maximum absolute atomic E-state index is 12.7. The van der Waals surface area contributed by atoms with Crippen LogP contribution in [0.5, 0.6) is 5.75 Å². The number of ether oxygens (including phenoxy) is 1. The molecule has 3 rings (SSSR count). The van der Waals surface area contributed by atoms with E-state index in [2.05, 4.69) is 40.9 Å². The van der Waals surface area contributed by atoms with Crippen LogP contribution in [-0.4, -0.2) is 29.1 Å². The van der Waals surface area contributed by atoms with Gasteiger partial charge in [-0.05, 0) is 61.6 Å². The minimum atomic E-state index is -0.224.